The maximum absolute atomic E-state index is 11.4. The lowest BCUT2D eigenvalue weighted by Crippen LogP contribution is -2.12. The number of pyridine rings is 2. The smallest absolute Gasteiger partial charge is 0.254 e. The summed E-state index contributed by atoms with van der Waals surface area (Å²) in [5, 5.41) is 1.84. The van der Waals surface area contributed by atoms with Crippen LogP contribution in [-0.2, 0) is 0 Å². The molecule has 20 heavy (non-hydrogen) atoms. The maximum atomic E-state index is 11.4. The fraction of sp³-hybridized carbons (Fsp3) is 0. The van der Waals surface area contributed by atoms with E-state index < -0.39 is 5.91 Å². The molecule has 3 aromatic rings. The van der Waals surface area contributed by atoms with E-state index in [2.05, 4.69) is 9.97 Å². The van der Waals surface area contributed by atoms with Crippen LogP contribution in [0.5, 0.6) is 11.8 Å². The number of carbonyl (C=O) groups is 1. The zero-order valence-electron chi connectivity index (χ0n) is 10.5. The van der Waals surface area contributed by atoms with Gasteiger partial charge < -0.3 is 10.5 Å². The number of nitrogens with two attached hydrogens (primary N) is 1. The average molecular weight is 265 g/mol. The van der Waals surface area contributed by atoms with Crippen LogP contribution in [0, 0.1) is 0 Å². The first-order valence-corrected chi connectivity index (χ1v) is 6.02. The standard InChI is InChI=1S/C15H11N3O2/c16-13(19)12-6-3-8-17-15(12)20-14-11-5-2-1-4-10(11)7-9-18-14/h1-9H,(H2,16,19). The quantitative estimate of drug-likeness (QED) is 0.789. The van der Waals surface area contributed by atoms with E-state index in [1.54, 1.807) is 18.3 Å². The zero-order valence-corrected chi connectivity index (χ0v) is 10.5. The van der Waals surface area contributed by atoms with Gasteiger partial charge in [-0.05, 0) is 29.7 Å². The molecular weight excluding hydrogens is 254 g/mol. The van der Waals surface area contributed by atoms with Crippen molar-refractivity contribution < 1.29 is 9.53 Å². The highest BCUT2D eigenvalue weighted by Gasteiger charge is 2.13. The SMILES string of the molecule is NC(=O)c1cccnc1Oc1nccc2ccccc12. The highest BCUT2D eigenvalue weighted by Crippen LogP contribution is 2.27. The van der Waals surface area contributed by atoms with E-state index in [0.29, 0.717) is 5.88 Å². The van der Waals surface area contributed by atoms with E-state index in [1.165, 1.54) is 6.20 Å². The summed E-state index contributed by atoms with van der Waals surface area (Å²) in [5.74, 6) is -0.0403. The van der Waals surface area contributed by atoms with Crippen LogP contribution < -0.4 is 10.5 Å². The molecule has 2 aromatic heterocycles. The lowest BCUT2D eigenvalue weighted by molar-refractivity contribution is 0.0997. The molecule has 2 N–H and O–H groups in total. The Labute approximate surface area is 115 Å². The van der Waals surface area contributed by atoms with Crippen LogP contribution >= 0.6 is 0 Å². The highest BCUT2D eigenvalue weighted by molar-refractivity contribution is 5.95. The Morgan fingerprint density at radius 1 is 0.950 bits per heavy atom. The van der Waals surface area contributed by atoms with Crippen molar-refractivity contribution in [3.8, 4) is 11.8 Å². The zero-order chi connectivity index (χ0) is 13.9. The molecule has 0 fully saturated rings. The molecule has 0 aliphatic rings. The molecule has 0 bridgehead atoms. The molecule has 1 amide bonds. The van der Waals surface area contributed by atoms with E-state index in [9.17, 15) is 4.79 Å². The second-order valence-corrected chi connectivity index (χ2v) is 4.16. The van der Waals surface area contributed by atoms with Crippen molar-refractivity contribution in [1.82, 2.24) is 9.97 Å². The predicted molar refractivity (Wildman–Crippen MR) is 74.6 cm³/mol. The van der Waals surface area contributed by atoms with Crippen molar-refractivity contribution in [3.05, 3.63) is 60.4 Å². The summed E-state index contributed by atoms with van der Waals surface area (Å²) in [4.78, 5) is 19.6. The molecule has 0 saturated heterocycles. The topological polar surface area (TPSA) is 78.1 Å². The van der Waals surface area contributed by atoms with Crippen LogP contribution in [0.4, 0.5) is 0 Å². The van der Waals surface area contributed by atoms with Gasteiger partial charge in [-0.25, -0.2) is 9.97 Å². The second-order valence-electron chi connectivity index (χ2n) is 4.16. The first kappa shape index (κ1) is 12.1. The third-order valence-corrected chi connectivity index (χ3v) is 2.87. The van der Waals surface area contributed by atoms with E-state index in [0.717, 1.165) is 10.8 Å². The van der Waals surface area contributed by atoms with Gasteiger partial charge in [-0.1, -0.05) is 18.2 Å². The number of rotatable bonds is 3. The van der Waals surface area contributed by atoms with Crippen molar-refractivity contribution >= 4 is 16.7 Å². The van der Waals surface area contributed by atoms with Gasteiger partial charge in [0.25, 0.3) is 5.91 Å². The highest BCUT2D eigenvalue weighted by atomic mass is 16.5. The van der Waals surface area contributed by atoms with E-state index in [4.69, 9.17) is 10.5 Å². The van der Waals surface area contributed by atoms with Crippen molar-refractivity contribution in [2.45, 2.75) is 0 Å². The Kier molecular flexibility index (Phi) is 3.01. The number of aromatic nitrogens is 2. The van der Waals surface area contributed by atoms with Crippen LogP contribution in [0.1, 0.15) is 10.4 Å². The summed E-state index contributed by atoms with van der Waals surface area (Å²) in [6.45, 7) is 0. The fourth-order valence-electron chi connectivity index (χ4n) is 1.92. The Morgan fingerprint density at radius 3 is 2.60 bits per heavy atom. The lowest BCUT2D eigenvalue weighted by Gasteiger charge is -2.08. The van der Waals surface area contributed by atoms with Gasteiger partial charge in [-0.3, -0.25) is 4.79 Å². The summed E-state index contributed by atoms with van der Waals surface area (Å²) in [5.41, 5.74) is 5.53. The number of nitrogens with zero attached hydrogens (tertiary/aromatic N) is 2. The molecule has 0 aliphatic heterocycles. The van der Waals surface area contributed by atoms with Crippen LogP contribution in [0.3, 0.4) is 0 Å². The number of benzene rings is 1. The number of hydrogen-bond acceptors (Lipinski definition) is 4. The Balaban J connectivity index is 2.08. The predicted octanol–water partition coefficient (Wildman–Crippen LogP) is 2.52. The van der Waals surface area contributed by atoms with Gasteiger partial charge in [0, 0.05) is 17.8 Å². The molecule has 0 radical (unpaired) electrons. The number of fused-ring (bicyclic) bond motifs is 1. The lowest BCUT2D eigenvalue weighted by atomic mass is 10.2. The molecule has 1 aromatic carbocycles. The molecule has 3 rings (SSSR count). The van der Waals surface area contributed by atoms with Gasteiger partial charge in [0.15, 0.2) is 0 Å². The molecule has 0 aliphatic carbocycles. The molecule has 5 nitrogen and oxygen atoms in total. The molecule has 0 atom stereocenters. The van der Waals surface area contributed by atoms with Crippen LogP contribution in [0.25, 0.3) is 10.8 Å². The Morgan fingerprint density at radius 2 is 1.75 bits per heavy atom. The minimum Gasteiger partial charge on any atom is -0.419 e. The van der Waals surface area contributed by atoms with Crippen molar-refractivity contribution in [2.75, 3.05) is 0 Å². The third-order valence-electron chi connectivity index (χ3n) is 2.87. The first-order valence-electron chi connectivity index (χ1n) is 6.02. The summed E-state index contributed by atoms with van der Waals surface area (Å²) in [6, 6.07) is 12.8. The van der Waals surface area contributed by atoms with Crippen LogP contribution in [-0.4, -0.2) is 15.9 Å². The molecule has 2 heterocycles. The van der Waals surface area contributed by atoms with Gasteiger partial charge in [-0.2, -0.15) is 0 Å². The number of carbonyl (C=O) groups excluding carboxylic acids is 1. The van der Waals surface area contributed by atoms with Gasteiger partial charge >= 0.3 is 0 Å². The van der Waals surface area contributed by atoms with E-state index in [-0.39, 0.29) is 11.4 Å². The molecule has 0 saturated carbocycles. The number of primary amides is 1. The maximum Gasteiger partial charge on any atom is 0.254 e. The third kappa shape index (κ3) is 2.16. The fourth-order valence-corrected chi connectivity index (χ4v) is 1.92. The van der Waals surface area contributed by atoms with Gasteiger partial charge in [-0.15, -0.1) is 0 Å². The Bertz CT molecular complexity index is 781. The number of hydrogen-bond donors (Lipinski definition) is 1. The molecular formula is C15H11N3O2. The second kappa shape index (κ2) is 4.97. The minimum absolute atomic E-state index is 0.156. The summed E-state index contributed by atoms with van der Waals surface area (Å²) in [6.07, 6.45) is 3.18. The van der Waals surface area contributed by atoms with Gasteiger partial charge in [0.1, 0.15) is 5.56 Å². The van der Waals surface area contributed by atoms with Crippen molar-refractivity contribution in [1.29, 1.82) is 0 Å². The molecule has 0 spiro atoms. The molecule has 0 unspecified atom stereocenters. The number of ether oxygens (including phenoxy) is 1. The first-order chi connectivity index (χ1) is 9.75. The van der Waals surface area contributed by atoms with Gasteiger partial charge in [0.2, 0.25) is 11.8 Å². The monoisotopic (exact) mass is 265 g/mol. The molecule has 5 heteroatoms. The van der Waals surface area contributed by atoms with E-state index in [1.807, 2.05) is 30.3 Å². The number of amides is 1. The summed E-state index contributed by atoms with van der Waals surface area (Å²) < 4.78 is 5.66. The van der Waals surface area contributed by atoms with Crippen LogP contribution in [0.15, 0.2) is 54.9 Å². The molecule has 98 valence electrons. The van der Waals surface area contributed by atoms with Crippen LogP contribution in [0.2, 0.25) is 0 Å². The van der Waals surface area contributed by atoms with Crippen molar-refractivity contribution in [2.24, 2.45) is 5.73 Å². The summed E-state index contributed by atoms with van der Waals surface area (Å²) in [7, 11) is 0. The Hall–Kier alpha value is -2.95. The van der Waals surface area contributed by atoms with Crippen molar-refractivity contribution in [3.63, 3.8) is 0 Å². The summed E-state index contributed by atoms with van der Waals surface area (Å²) >= 11 is 0. The van der Waals surface area contributed by atoms with Gasteiger partial charge in [0.05, 0.1) is 0 Å². The minimum atomic E-state index is -0.590. The van der Waals surface area contributed by atoms with E-state index >= 15 is 0 Å². The normalized spacial score (nSPS) is 10.4. The average Bonchev–Trinajstić information content (AvgIpc) is 2.48. The largest absolute Gasteiger partial charge is 0.419 e.